The Hall–Kier alpha value is -2.75. The number of alkyl carbamates (subject to hydrolysis) is 1. The molecule has 0 saturated heterocycles. The number of nitrogens with one attached hydrogen (secondary N) is 2. The molecule has 30 heavy (non-hydrogen) atoms. The number of ether oxygens (including phenoxy) is 3. The summed E-state index contributed by atoms with van der Waals surface area (Å²) in [6.45, 7) is 6.97. The third-order valence-corrected chi connectivity index (χ3v) is 3.76. The fraction of sp³-hybridized carbons (Fsp3) is 0.550. The zero-order valence-corrected chi connectivity index (χ0v) is 17.9. The summed E-state index contributed by atoms with van der Waals surface area (Å²) in [7, 11) is 1.11. The summed E-state index contributed by atoms with van der Waals surface area (Å²) in [4.78, 5) is 36.5. The van der Waals surface area contributed by atoms with E-state index >= 15 is 0 Å². The molecule has 1 aromatic carbocycles. The maximum atomic E-state index is 13.7. The molecule has 0 fully saturated rings. The number of hydrogen-bond acceptors (Lipinski definition) is 6. The quantitative estimate of drug-likeness (QED) is 0.614. The molecule has 2 N–H and O–H groups in total. The van der Waals surface area contributed by atoms with Crippen LogP contribution in [0.4, 0.5) is 13.6 Å². The van der Waals surface area contributed by atoms with Crippen LogP contribution in [0.25, 0.3) is 0 Å². The molecule has 0 saturated carbocycles. The van der Waals surface area contributed by atoms with Gasteiger partial charge in [-0.2, -0.15) is 0 Å². The number of rotatable bonds is 8. The highest BCUT2D eigenvalue weighted by molar-refractivity contribution is 5.92. The number of methoxy groups -OCH3 is 1. The Kier molecular flexibility index (Phi) is 8.71. The lowest BCUT2D eigenvalue weighted by molar-refractivity contribution is -0.147. The van der Waals surface area contributed by atoms with Gasteiger partial charge in [0.2, 0.25) is 5.91 Å². The van der Waals surface area contributed by atoms with Gasteiger partial charge in [-0.05, 0) is 46.8 Å². The van der Waals surface area contributed by atoms with Crippen molar-refractivity contribution in [3.63, 3.8) is 0 Å². The minimum Gasteiger partial charge on any atom is -0.467 e. The Bertz CT molecular complexity index is 757. The van der Waals surface area contributed by atoms with E-state index in [4.69, 9.17) is 9.47 Å². The van der Waals surface area contributed by atoms with Crippen LogP contribution in [0.2, 0.25) is 0 Å². The van der Waals surface area contributed by atoms with Gasteiger partial charge in [-0.25, -0.2) is 18.4 Å². The molecule has 0 aliphatic rings. The molecule has 1 aromatic rings. The first-order chi connectivity index (χ1) is 13.8. The SMILES string of the molecule is COC(=O)[C@@H](COCc1c(F)cccc1F)NC(=O)C(C)(C)NC(=O)OC(C)(C)C. The molecular weight excluding hydrogens is 402 g/mol. The van der Waals surface area contributed by atoms with Crippen LogP contribution in [-0.2, 0) is 30.4 Å². The fourth-order valence-corrected chi connectivity index (χ4v) is 2.21. The molecule has 8 nitrogen and oxygen atoms in total. The van der Waals surface area contributed by atoms with Crippen LogP contribution in [0, 0.1) is 11.6 Å². The van der Waals surface area contributed by atoms with Gasteiger partial charge in [0.1, 0.15) is 22.8 Å². The topological polar surface area (TPSA) is 103 Å². The van der Waals surface area contributed by atoms with E-state index in [2.05, 4.69) is 15.4 Å². The van der Waals surface area contributed by atoms with E-state index in [-0.39, 0.29) is 5.56 Å². The first kappa shape index (κ1) is 25.3. The van der Waals surface area contributed by atoms with Crippen molar-refractivity contribution in [3.05, 3.63) is 35.4 Å². The zero-order valence-electron chi connectivity index (χ0n) is 17.9. The van der Waals surface area contributed by atoms with E-state index in [1.165, 1.54) is 19.9 Å². The van der Waals surface area contributed by atoms with Crippen LogP contribution in [0.5, 0.6) is 0 Å². The average Bonchev–Trinajstić information content (AvgIpc) is 2.60. The molecule has 0 radical (unpaired) electrons. The first-order valence-electron chi connectivity index (χ1n) is 9.17. The second-order valence-corrected chi connectivity index (χ2v) is 8.02. The molecule has 0 aliphatic heterocycles. The minimum atomic E-state index is -1.44. The molecular formula is C20H28F2N2O6. The number of carbonyl (C=O) groups excluding carboxylic acids is 3. The highest BCUT2D eigenvalue weighted by atomic mass is 19.1. The molecule has 0 aliphatic carbocycles. The average molecular weight is 430 g/mol. The molecule has 0 bridgehead atoms. The van der Waals surface area contributed by atoms with Crippen molar-refractivity contribution in [3.8, 4) is 0 Å². The van der Waals surface area contributed by atoms with Crippen LogP contribution in [0.3, 0.4) is 0 Å². The highest BCUT2D eigenvalue weighted by Crippen LogP contribution is 2.14. The van der Waals surface area contributed by atoms with Crippen molar-refractivity contribution in [2.45, 2.75) is 58.4 Å². The Morgan fingerprint density at radius 2 is 1.63 bits per heavy atom. The largest absolute Gasteiger partial charge is 0.467 e. The van der Waals surface area contributed by atoms with Crippen molar-refractivity contribution in [1.82, 2.24) is 10.6 Å². The van der Waals surface area contributed by atoms with Gasteiger partial charge in [0.15, 0.2) is 6.04 Å². The molecule has 0 spiro atoms. The van der Waals surface area contributed by atoms with E-state index in [1.807, 2.05) is 0 Å². The normalized spacial score (nSPS) is 12.7. The fourth-order valence-electron chi connectivity index (χ4n) is 2.21. The molecule has 0 aromatic heterocycles. The monoisotopic (exact) mass is 430 g/mol. The Morgan fingerprint density at radius 3 is 2.13 bits per heavy atom. The molecule has 10 heteroatoms. The lowest BCUT2D eigenvalue weighted by Crippen LogP contribution is -2.59. The van der Waals surface area contributed by atoms with Crippen molar-refractivity contribution in [2.75, 3.05) is 13.7 Å². The predicted molar refractivity (Wildman–Crippen MR) is 103 cm³/mol. The van der Waals surface area contributed by atoms with Gasteiger partial charge in [-0.15, -0.1) is 0 Å². The van der Waals surface area contributed by atoms with Gasteiger partial charge >= 0.3 is 12.1 Å². The lowest BCUT2D eigenvalue weighted by atomic mass is 10.0. The summed E-state index contributed by atoms with van der Waals surface area (Å²) >= 11 is 0. The van der Waals surface area contributed by atoms with Crippen LogP contribution >= 0.6 is 0 Å². The van der Waals surface area contributed by atoms with E-state index in [0.29, 0.717) is 0 Å². The van der Waals surface area contributed by atoms with Gasteiger partial charge in [0.25, 0.3) is 0 Å². The van der Waals surface area contributed by atoms with Crippen molar-refractivity contribution in [1.29, 1.82) is 0 Å². The third kappa shape index (κ3) is 7.94. The van der Waals surface area contributed by atoms with Gasteiger partial charge in [0.05, 0.1) is 20.3 Å². The van der Waals surface area contributed by atoms with Crippen LogP contribution < -0.4 is 10.6 Å². The first-order valence-corrected chi connectivity index (χ1v) is 9.17. The Balaban J connectivity index is 2.76. The maximum absolute atomic E-state index is 13.7. The summed E-state index contributed by atoms with van der Waals surface area (Å²) in [6.07, 6.45) is -0.816. The second-order valence-electron chi connectivity index (χ2n) is 8.02. The standard InChI is InChI=1S/C20H28F2N2O6/c1-19(2,3)30-18(27)24-20(4,5)17(26)23-15(16(25)28-6)11-29-10-12-13(21)8-7-9-14(12)22/h7-9,15H,10-11H2,1-6H3,(H,23,26)(H,24,27)/t15-/m1/s1. The zero-order chi connectivity index (χ0) is 23.1. The number of hydrogen-bond donors (Lipinski definition) is 2. The van der Waals surface area contributed by atoms with Gasteiger partial charge in [-0.1, -0.05) is 6.07 Å². The number of carbonyl (C=O) groups is 3. The summed E-state index contributed by atoms with van der Waals surface area (Å²) in [5, 5.41) is 4.80. The molecule has 1 rings (SSSR count). The number of halogens is 2. The van der Waals surface area contributed by atoms with E-state index in [0.717, 1.165) is 19.2 Å². The lowest BCUT2D eigenvalue weighted by Gasteiger charge is -2.29. The second kappa shape index (κ2) is 10.3. The van der Waals surface area contributed by atoms with E-state index in [1.54, 1.807) is 20.8 Å². The Morgan fingerprint density at radius 1 is 1.07 bits per heavy atom. The molecule has 2 amide bonds. The summed E-state index contributed by atoms with van der Waals surface area (Å²) in [5.74, 6) is -3.14. The van der Waals surface area contributed by atoms with Crippen molar-refractivity contribution < 1.29 is 37.4 Å². The van der Waals surface area contributed by atoms with Gasteiger partial charge in [-0.3, -0.25) is 4.79 Å². The van der Waals surface area contributed by atoms with E-state index < -0.39 is 60.0 Å². The Labute approximate surface area is 174 Å². The molecule has 0 unspecified atom stereocenters. The smallest absolute Gasteiger partial charge is 0.408 e. The van der Waals surface area contributed by atoms with Crippen LogP contribution in [-0.4, -0.2) is 48.9 Å². The number of amides is 2. The molecule has 168 valence electrons. The summed E-state index contributed by atoms with van der Waals surface area (Å²) in [6, 6.07) is 2.10. The summed E-state index contributed by atoms with van der Waals surface area (Å²) < 4.78 is 42.3. The van der Waals surface area contributed by atoms with Crippen LogP contribution in [0.15, 0.2) is 18.2 Å². The van der Waals surface area contributed by atoms with Gasteiger partial charge in [0, 0.05) is 5.56 Å². The van der Waals surface area contributed by atoms with Crippen LogP contribution in [0.1, 0.15) is 40.2 Å². The number of esters is 1. The predicted octanol–water partition coefficient (Wildman–Crippen LogP) is 2.44. The third-order valence-electron chi connectivity index (χ3n) is 3.76. The van der Waals surface area contributed by atoms with Crippen molar-refractivity contribution >= 4 is 18.0 Å². The summed E-state index contributed by atoms with van der Waals surface area (Å²) in [5.41, 5.74) is -2.51. The maximum Gasteiger partial charge on any atom is 0.408 e. The minimum absolute atomic E-state index is 0.306. The molecule has 0 heterocycles. The van der Waals surface area contributed by atoms with Crippen molar-refractivity contribution in [2.24, 2.45) is 0 Å². The number of benzene rings is 1. The van der Waals surface area contributed by atoms with E-state index in [9.17, 15) is 23.2 Å². The highest BCUT2D eigenvalue weighted by Gasteiger charge is 2.34. The van der Waals surface area contributed by atoms with Gasteiger partial charge < -0.3 is 24.8 Å². The molecule has 1 atom stereocenters.